The number of hydrogen-bond donors (Lipinski definition) is 1. The van der Waals surface area contributed by atoms with Crippen molar-refractivity contribution in [3.63, 3.8) is 0 Å². The maximum atomic E-state index is 12.7. The molecule has 1 aliphatic carbocycles. The molecule has 1 heterocycles. The molecule has 1 saturated carbocycles. The van der Waals surface area contributed by atoms with Crippen LogP contribution in [0.15, 0.2) is 18.2 Å². The molecule has 1 aliphatic heterocycles. The minimum atomic E-state index is 0. The lowest BCUT2D eigenvalue weighted by Gasteiger charge is -2.34. The summed E-state index contributed by atoms with van der Waals surface area (Å²) in [5.41, 5.74) is 0.661. The number of ether oxygens (including phenoxy) is 2. The molecule has 1 aromatic rings. The molecule has 0 spiro atoms. The zero-order chi connectivity index (χ0) is 16.2. The van der Waals surface area contributed by atoms with Gasteiger partial charge in [0.2, 0.25) is 0 Å². The van der Waals surface area contributed by atoms with E-state index in [1.165, 1.54) is 12.8 Å². The standard InChI is InChI=1S/C18H26N2O3.ClH/c1-13-12-19-9-10-20(13)18(21)14-7-8-16(17(11-14)22-2)23-15-5-3-4-6-15;/h7-8,11,13,15,19H,3-6,9-10,12H2,1-2H3;1H/t13-;/m0./s1. The average Bonchev–Trinajstić information content (AvgIpc) is 3.08. The van der Waals surface area contributed by atoms with E-state index in [1.54, 1.807) is 13.2 Å². The molecule has 134 valence electrons. The molecule has 0 radical (unpaired) electrons. The molecule has 1 saturated heterocycles. The third-order valence-electron chi connectivity index (χ3n) is 4.77. The van der Waals surface area contributed by atoms with E-state index in [4.69, 9.17) is 9.47 Å². The Kier molecular flexibility index (Phi) is 6.75. The SMILES string of the molecule is COc1cc(C(=O)N2CCNC[C@@H]2C)ccc1OC1CCCC1.Cl. The van der Waals surface area contributed by atoms with E-state index in [2.05, 4.69) is 12.2 Å². The second-order valence-electron chi connectivity index (χ2n) is 6.44. The fourth-order valence-electron chi connectivity index (χ4n) is 3.39. The second kappa shape index (κ2) is 8.58. The topological polar surface area (TPSA) is 50.8 Å². The van der Waals surface area contributed by atoms with Crippen LogP contribution in [0.2, 0.25) is 0 Å². The van der Waals surface area contributed by atoms with Gasteiger partial charge in [-0.25, -0.2) is 0 Å². The first-order valence-electron chi connectivity index (χ1n) is 8.55. The van der Waals surface area contributed by atoms with Crippen molar-refractivity contribution in [2.75, 3.05) is 26.7 Å². The highest BCUT2D eigenvalue weighted by molar-refractivity contribution is 5.95. The number of rotatable bonds is 4. The van der Waals surface area contributed by atoms with Gasteiger partial charge in [0, 0.05) is 31.2 Å². The number of methoxy groups -OCH3 is 1. The highest BCUT2D eigenvalue weighted by Gasteiger charge is 2.25. The number of carbonyl (C=O) groups excluding carboxylic acids is 1. The van der Waals surface area contributed by atoms with Gasteiger partial charge in [-0.05, 0) is 50.8 Å². The van der Waals surface area contributed by atoms with Gasteiger partial charge in [0.15, 0.2) is 11.5 Å². The second-order valence-corrected chi connectivity index (χ2v) is 6.44. The first-order valence-corrected chi connectivity index (χ1v) is 8.55. The van der Waals surface area contributed by atoms with Crippen LogP contribution in [0.4, 0.5) is 0 Å². The lowest BCUT2D eigenvalue weighted by atomic mass is 10.1. The number of hydrogen-bond acceptors (Lipinski definition) is 4. The van der Waals surface area contributed by atoms with Gasteiger partial charge < -0.3 is 19.7 Å². The van der Waals surface area contributed by atoms with Crippen molar-refractivity contribution in [3.05, 3.63) is 23.8 Å². The Balaban J connectivity index is 0.00000208. The van der Waals surface area contributed by atoms with Crippen molar-refractivity contribution in [2.24, 2.45) is 0 Å². The molecule has 2 aliphatic rings. The molecule has 1 aromatic carbocycles. The Morgan fingerprint density at radius 3 is 2.67 bits per heavy atom. The molecule has 0 bridgehead atoms. The number of amides is 1. The average molecular weight is 355 g/mol. The zero-order valence-corrected chi connectivity index (χ0v) is 15.2. The van der Waals surface area contributed by atoms with Crippen molar-refractivity contribution in [1.82, 2.24) is 10.2 Å². The third kappa shape index (κ3) is 4.14. The van der Waals surface area contributed by atoms with Crippen LogP contribution < -0.4 is 14.8 Å². The van der Waals surface area contributed by atoms with Crippen LogP contribution in [-0.4, -0.2) is 49.7 Å². The largest absolute Gasteiger partial charge is 0.493 e. The quantitative estimate of drug-likeness (QED) is 0.903. The first-order chi connectivity index (χ1) is 11.2. The summed E-state index contributed by atoms with van der Waals surface area (Å²) in [5.74, 6) is 1.44. The van der Waals surface area contributed by atoms with Crippen LogP contribution in [-0.2, 0) is 0 Å². The Hall–Kier alpha value is -1.46. The maximum Gasteiger partial charge on any atom is 0.254 e. The highest BCUT2D eigenvalue weighted by Crippen LogP contribution is 2.32. The van der Waals surface area contributed by atoms with Crippen LogP contribution in [0.25, 0.3) is 0 Å². The predicted molar refractivity (Wildman–Crippen MR) is 96.5 cm³/mol. The zero-order valence-electron chi connectivity index (χ0n) is 14.4. The van der Waals surface area contributed by atoms with Gasteiger partial charge in [-0.1, -0.05) is 0 Å². The van der Waals surface area contributed by atoms with Gasteiger partial charge in [-0.2, -0.15) is 0 Å². The number of carbonyl (C=O) groups is 1. The molecule has 24 heavy (non-hydrogen) atoms. The number of benzene rings is 1. The van der Waals surface area contributed by atoms with Crippen LogP contribution in [0.1, 0.15) is 43.0 Å². The van der Waals surface area contributed by atoms with Crippen molar-refractivity contribution in [3.8, 4) is 11.5 Å². The molecule has 1 amide bonds. The van der Waals surface area contributed by atoms with E-state index in [9.17, 15) is 4.79 Å². The molecular formula is C18H27ClN2O3. The molecule has 0 aromatic heterocycles. The minimum Gasteiger partial charge on any atom is -0.493 e. The molecule has 1 N–H and O–H groups in total. The summed E-state index contributed by atoms with van der Waals surface area (Å²) in [5, 5.41) is 3.30. The molecule has 3 rings (SSSR count). The van der Waals surface area contributed by atoms with Crippen molar-refractivity contribution in [1.29, 1.82) is 0 Å². The van der Waals surface area contributed by atoms with Crippen LogP contribution in [0.3, 0.4) is 0 Å². The summed E-state index contributed by atoms with van der Waals surface area (Å²) in [4.78, 5) is 14.7. The lowest BCUT2D eigenvalue weighted by Crippen LogP contribution is -2.52. The fraction of sp³-hybridized carbons (Fsp3) is 0.611. The first kappa shape index (κ1) is 18.9. The van der Waals surface area contributed by atoms with E-state index in [0.29, 0.717) is 11.3 Å². The Bertz CT molecular complexity index is 561. The number of piperazine rings is 1. The summed E-state index contributed by atoms with van der Waals surface area (Å²) >= 11 is 0. The van der Waals surface area contributed by atoms with Gasteiger partial charge in [-0.3, -0.25) is 4.79 Å². The van der Waals surface area contributed by atoms with E-state index in [-0.39, 0.29) is 30.5 Å². The molecule has 6 heteroatoms. The number of nitrogens with zero attached hydrogens (tertiary/aromatic N) is 1. The highest BCUT2D eigenvalue weighted by atomic mass is 35.5. The van der Waals surface area contributed by atoms with E-state index < -0.39 is 0 Å². The van der Waals surface area contributed by atoms with Gasteiger partial charge in [0.1, 0.15) is 0 Å². The summed E-state index contributed by atoms with van der Waals surface area (Å²) in [6, 6.07) is 5.74. The lowest BCUT2D eigenvalue weighted by molar-refractivity contribution is 0.0655. The van der Waals surface area contributed by atoms with Gasteiger partial charge in [0.25, 0.3) is 5.91 Å². The number of nitrogens with one attached hydrogen (secondary N) is 1. The van der Waals surface area contributed by atoms with Gasteiger partial charge in [0.05, 0.1) is 13.2 Å². The van der Waals surface area contributed by atoms with Crippen molar-refractivity contribution >= 4 is 18.3 Å². The predicted octanol–water partition coefficient (Wildman–Crippen LogP) is 2.87. The van der Waals surface area contributed by atoms with Crippen LogP contribution in [0.5, 0.6) is 11.5 Å². The summed E-state index contributed by atoms with van der Waals surface area (Å²) in [6.07, 6.45) is 4.93. The molecule has 5 nitrogen and oxygen atoms in total. The molecule has 1 atom stereocenters. The van der Waals surface area contributed by atoms with Crippen molar-refractivity contribution < 1.29 is 14.3 Å². The molecule has 2 fully saturated rings. The van der Waals surface area contributed by atoms with Gasteiger partial charge in [-0.15, -0.1) is 12.4 Å². The maximum absolute atomic E-state index is 12.7. The smallest absolute Gasteiger partial charge is 0.254 e. The molecule has 0 unspecified atom stereocenters. The van der Waals surface area contributed by atoms with Crippen molar-refractivity contribution in [2.45, 2.75) is 44.8 Å². The monoisotopic (exact) mass is 354 g/mol. The summed E-state index contributed by atoms with van der Waals surface area (Å²) in [6.45, 7) is 4.49. The van der Waals surface area contributed by atoms with Crippen LogP contribution in [0, 0.1) is 0 Å². The van der Waals surface area contributed by atoms with Gasteiger partial charge >= 0.3 is 0 Å². The Morgan fingerprint density at radius 2 is 2.00 bits per heavy atom. The van der Waals surface area contributed by atoms with E-state index >= 15 is 0 Å². The third-order valence-corrected chi connectivity index (χ3v) is 4.77. The number of halogens is 1. The van der Waals surface area contributed by atoms with E-state index in [0.717, 1.165) is 38.2 Å². The Morgan fingerprint density at radius 1 is 1.25 bits per heavy atom. The van der Waals surface area contributed by atoms with E-state index in [1.807, 2.05) is 17.0 Å². The summed E-state index contributed by atoms with van der Waals surface area (Å²) < 4.78 is 11.5. The fourth-order valence-corrected chi connectivity index (χ4v) is 3.39. The molecular weight excluding hydrogens is 328 g/mol. The minimum absolute atomic E-state index is 0. The summed E-state index contributed by atoms with van der Waals surface area (Å²) in [7, 11) is 1.62. The normalized spacial score (nSPS) is 21.2. The Labute approximate surface area is 150 Å². The van der Waals surface area contributed by atoms with Crippen LogP contribution >= 0.6 is 12.4 Å².